The Kier molecular flexibility index (Phi) is 4.91. The van der Waals surface area contributed by atoms with Gasteiger partial charge in [-0.1, -0.05) is 36.4 Å². The van der Waals surface area contributed by atoms with Crippen LogP contribution >= 0.6 is 15.9 Å². The zero-order valence-electron chi connectivity index (χ0n) is 13.0. The smallest absolute Gasteiger partial charge is 0.271 e. The average Bonchev–Trinajstić information content (AvgIpc) is 2.61. The molecule has 1 N–H and O–H groups in total. The zero-order valence-corrected chi connectivity index (χ0v) is 14.6. The monoisotopic (exact) mass is 382 g/mol. The van der Waals surface area contributed by atoms with Gasteiger partial charge in [-0.2, -0.15) is 5.10 Å². The summed E-state index contributed by atoms with van der Waals surface area (Å²) >= 11 is 3.36. The molecular formula is C19H15BrN2O2. The second-order valence-electron chi connectivity index (χ2n) is 5.16. The minimum absolute atomic E-state index is 0.282. The fraction of sp³-hybridized carbons (Fsp3) is 0.0526. The molecule has 0 radical (unpaired) electrons. The van der Waals surface area contributed by atoms with E-state index >= 15 is 0 Å². The maximum atomic E-state index is 12.1. The fourth-order valence-electron chi connectivity index (χ4n) is 2.33. The lowest BCUT2D eigenvalue weighted by Gasteiger charge is -2.05. The lowest BCUT2D eigenvalue weighted by Crippen LogP contribution is -2.17. The van der Waals surface area contributed by atoms with Gasteiger partial charge in [0.05, 0.1) is 17.8 Å². The molecule has 0 saturated heterocycles. The van der Waals surface area contributed by atoms with E-state index < -0.39 is 0 Å². The third-order valence-electron chi connectivity index (χ3n) is 3.57. The summed E-state index contributed by atoms with van der Waals surface area (Å²) in [7, 11) is 1.58. The number of hydrazone groups is 1. The molecule has 3 aromatic carbocycles. The van der Waals surface area contributed by atoms with Gasteiger partial charge in [-0.05, 0) is 56.5 Å². The van der Waals surface area contributed by atoms with Gasteiger partial charge in [0.15, 0.2) is 0 Å². The molecule has 0 fully saturated rings. The summed E-state index contributed by atoms with van der Waals surface area (Å²) in [5.41, 5.74) is 3.95. The minimum Gasteiger partial charge on any atom is -0.496 e. The number of ether oxygens (including phenoxy) is 1. The summed E-state index contributed by atoms with van der Waals surface area (Å²) in [4.78, 5) is 12.1. The van der Waals surface area contributed by atoms with Gasteiger partial charge in [0, 0.05) is 5.56 Å². The number of hydrogen-bond donors (Lipinski definition) is 1. The normalized spacial score (nSPS) is 10.9. The van der Waals surface area contributed by atoms with Crippen LogP contribution in [0, 0.1) is 0 Å². The Morgan fingerprint density at radius 3 is 2.62 bits per heavy atom. The maximum absolute atomic E-state index is 12.1. The van der Waals surface area contributed by atoms with Crippen LogP contribution < -0.4 is 10.2 Å². The lowest BCUT2D eigenvalue weighted by molar-refractivity contribution is 0.0955. The van der Waals surface area contributed by atoms with Crippen LogP contribution in [0.4, 0.5) is 0 Å². The minimum atomic E-state index is -0.282. The van der Waals surface area contributed by atoms with Crippen molar-refractivity contribution in [3.05, 3.63) is 76.3 Å². The highest BCUT2D eigenvalue weighted by Crippen LogP contribution is 2.25. The van der Waals surface area contributed by atoms with Crippen LogP contribution in [0.2, 0.25) is 0 Å². The molecular weight excluding hydrogens is 368 g/mol. The van der Waals surface area contributed by atoms with Crippen LogP contribution in [0.3, 0.4) is 0 Å². The van der Waals surface area contributed by atoms with Gasteiger partial charge in [0.1, 0.15) is 5.75 Å². The molecule has 0 saturated carbocycles. The molecule has 0 unspecified atom stereocenters. The lowest BCUT2D eigenvalue weighted by atomic mass is 10.1. The summed E-state index contributed by atoms with van der Waals surface area (Å²) in [6, 6.07) is 19.2. The van der Waals surface area contributed by atoms with Crippen LogP contribution in [-0.4, -0.2) is 19.2 Å². The van der Waals surface area contributed by atoms with Crippen molar-refractivity contribution in [1.82, 2.24) is 5.43 Å². The molecule has 3 rings (SSSR count). The van der Waals surface area contributed by atoms with Crippen molar-refractivity contribution in [1.29, 1.82) is 0 Å². The Labute approximate surface area is 148 Å². The number of hydrogen-bond acceptors (Lipinski definition) is 3. The molecule has 0 atom stereocenters. The third kappa shape index (κ3) is 3.63. The molecule has 0 aliphatic heterocycles. The molecule has 0 aliphatic carbocycles. The number of fused-ring (bicyclic) bond motifs is 1. The number of rotatable bonds is 4. The van der Waals surface area contributed by atoms with Crippen LogP contribution in [0.5, 0.6) is 5.75 Å². The van der Waals surface area contributed by atoms with Gasteiger partial charge in [-0.25, -0.2) is 5.43 Å². The van der Waals surface area contributed by atoms with Crippen LogP contribution in [0.15, 0.2) is 70.2 Å². The number of carbonyl (C=O) groups excluding carboxylic acids is 1. The molecule has 0 aliphatic rings. The first-order chi connectivity index (χ1) is 11.7. The first kappa shape index (κ1) is 16.2. The van der Waals surface area contributed by atoms with E-state index in [2.05, 4.69) is 32.5 Å². The van der Waals surface area contributed by atoms with Crippen molar-refractivity contribution < 1.29 is 9.53 Å². The Balaban J connectivity index is 1.70. The average molecular weight is 383 g/mol. The topological polar surface area (TPSA) is 50.7 Å². The van der Waals surface area contributed by atoms with E-state index in [1.165, 1.54) is 5.39 Å². The van der Waals surface area contributed by atoms with E-state index in [1.807, 2.05) is 36.4 Å². The standard InChI is InChI=1S/C19H15BrN2O2/c1-24-18-9-8-16(11-17(18)20)19(23)22-21-12-13-6-7-14-4-2-3-5-15(14)10-13/h2-12H,1H3,(H,22,23). The van der Waals surface area contributed by atoms with E-state index in [-0.39, 0.29) is 5.91 Å². The predicted molar refractivity (Wildman–Crippen MR) is 99.7 cm³/mol. The predicted octanol–water partition coefficient (Wildman–Crippen LogP) is 4.37. The maximum Gasteiger partial charge on any atom is 0.271 e. The zero-order chi connectivity index (χ0) is 16.9. The highest BCUT2D eigenvalue weighted by Gasteiger charge is 2.07. The molecule has 3 aromatic rings. The number of methoxy groups -OCH3 is 1. The van der Waals surface area contributed by atoms with Crippen molar-refractivity contribution in [3.63, 3.8) is 0 Å². The van der Waals surface area contributed by atoms with Crippen molar-refractivity contribution >= 4 is 38.8 Å². The van der Waals surface area contributed by atoms with Crippen LogP contribution in [0.1, 0.15) is 15.9 Å². The second kappa shape index (κ2) is 7.27. The first-order valence-corrected chi connectivity index (χ1v) is 8.12. The fourth-order valence-corrected chi connectivity index (χ4v) is 2.87. The quantitative estimate of drug-likeness (QED) is 0.537. The van der Waals surface area contributed by atoms with Crippen molar-refractivity contribution in [3.8, 4) is 5.75 Å². The number of nitrogens with one attached hydrogen (secondary N) is 1. The molecule has 5 heteroatoms. The van der Waals surface area contributed by atoms with Gasteiger partial charge in [0.25, 0.3) is 5.91 Å². The molecule has 0 bridgehead atoms. The van der Waals surface area contributed by atoms with Gasteiger partial charge in [0.2, 0.25) is 0 Å². The first-order valence-electron chi connectivity index (χ1n) is 7.33. The van der Waals surface area contributed by atoms with Gasteiger partial charge < -0.3 is 4.74 Å². The SMILES string of the molecule is COc1ccc(C(=O)NN=Cc2ccc3ccccc3c2)cc1Br. The summed E-state index contributed by atoms with van der Waals surface area (Å²) in [6.45, 7) is 0. The third-order valence-corrected chi connectivity index (χ3v) is 4.19. The van der Waals surface area contributed by atoms with Crippen LogP contribution in [0.25, 0.3) is 10.8 Å². The molecule has 0 spiro atoms. The Hall–Kier alpha value is -2.66. The Morgan fingerprint density at radius 1 is 1.08 bits per heavy atom. The summed E-state index contributed by atoms with van der Waals surface area (Å²) < 4.78 is 5.86. The summed E-state index contributed by atoms with van der Waals surface area (Å²) in [6.07, 6.45) is 1.63. The van der Waals surface area contributed by atoms with Crippen molar-refractivity contribution in [2.75, 3.05) is 7.11 Å². The molecule has 120 valence electrons. The van der Waals surface area contributed by atoms with Crippen molar-refractivity contribution in [2.45, 2.75) is 0 Å². The largest absolute Gasteiger partial charge is 0.496 e. The number of halogens is 1. The van der Waals surface area contributed by atoms with E-state index in [0.717, 1.165) is 15.4 Å². The Bertz CT molecular complexity index is 922. The number of benzene rings is 3. The van der Waals surface area contributed by atoms with E-state index in [1.54, 1.807) is 31.5 Å². The number of amides is 1. The molecule has 4 nitrogen and oxygen atoms in total. The molecule has 0 heterocycles. The van der Waals surface area contributed by atoms with Gasteiger partial charge in [-0.15, -0.1) is 0 Å². The van der Waals surface area contributed by atoms with Crippen LogP contribution in [-0.2, 0) is 0 Å². The molecule has 1 amide bonds. The van der Waals surface area contributed by atoms with E-state index in [4.69, 9.17) is 4.74 Å². The number of nitrogens with zero attached hydrogens (tertiary/aromatic N) is 1. The molecule has 0 aromatic heterocycles. The number of carbonyl (C=O) groups is 1. The summed E-state index contributed by atoms with van der Waals surface area (Å²) in [5.74, 6) is 0.390. The molecule has 24 heavy (non-hydrogen) atoms. The van der Waals surface area contributed by atoms with E-state index in [0.29, 0.717) is 11.3 Å². The van der Waals surface area contributed by atoms with E-state index in [9.17, 15) is 4.79 Å². The summed E-state index contributed by atoms with van der Waals surface area (Å²) in [5, 5.41) is 6.33. The van der Waals surface area contributed by atoms with Gasteiger partial charge in [-0.3, -0.25) is 4.79 Å². The second-order valence-corrected chi connectivity index (χ2v) is 6.01. The Morgan fingerprint density at radius 2 is 1.88 bits per heavy atom. The van der Waals surface area contributed by atoms with Gasteiger partial charge >= 0.3 is 0 Å². The highest BCUT2D eigenvalue weighted by molar-refractivity contribution is 9.10. The highest BCUT2D eigenvalue weighted by atomic mass is 79.9. The van der Waals surface area contributed by atoms with Crippen molar-refractivity contribution in [2.24, 2.45) is 5.10 Å².